The predicted molar refractivity (Wildman–Crippen MR) is 101 cm³/mol. The number of nitrogens with zero attached hydrogens (tertiary/aromatic N) is 1. The summed E-state index contributed by atoms with van der Waals surface area (Å²) in [5.74, 6) is -2.05. The Bertz CT molecular complexity index is 963. The Morgan fingerprint density at radius 2 is 1.62 bits per heavy atom. The van der Waals surface area contributed by atoms with E-state index < -0.39 is 29.9 Å². The fourth-order valence-electron chi connectivity index (χ4n) is 3.02. The molecule has 2 amide bonds. The average molecular weight is 397 g/mol. The molecule has 0 unspecified atom stereocenters. The monoisotopic (exact) mass is 397 g/mol. The second kappa shape index (κ2) is 8.14. The molecule has 0 bridgehead atoms. The number of carbonyl (C=O) groups excluding carboxylic acids is 4. The van der Waals surface area contributed by atoms with E-state index >= 15 is 0 Å². The molecule has 1 heterocycles. The van der Waals surface area contributed by atoms with Gasteiger partial charge in [-0.15, -0.1) is 0 Å². The van der Waals surface area contributed by atoms with Crippen LogP contribution in [0.25, 0.3) is 0 Å². The van der Waals surface area contributed by atoms with Crippen LogP contribution in [-0.4, -0.2) is 49.0 Å². The zero-order valence-electron chi connectivity index (χ0n) is 16.1. The summed E-state index contributed by atoms with van der Waals surface area (Å²) in [7, 11) is 2.58. The maximum Gasteiger partial charge on any atom is 0.346 e. The first-order valence-corrected chi connectivity index (χ1v) is 8.78. The maximum atomic E-state index is 12.5. The van der Waals surface area contributed by atoms with Crippen LogP contribution in [0.3, 0.4) is 0 Å². The fourth-order valence-corrected chi connectivity index (χ4v) is 3.02. The van der Waals surface area contributed by atoms with Gasteiger partial charge in [-0.25, -0.2) is 9.59 Å². The van der Waals surface area contributed by atoms with E-state index in [4.69, 9.17) is 9.47 Å². The molecule has 2 aromatic rings. The SMILES string of the molecule is COC(=O)[C@H](C)OC(=O)c1cc(CN2C(=O)c3ccccc3C2=O)ccc1OC. The number of imide groups is 1. The molecule has 29 heavy (non-hydrogen) atoms. The summed E-state index contributed by atoms with van der Waals surface area (Å²) in [6, 6.07) is 11.2. The van der Waals surface area contributed by atoms with Crippen LogP contribution in [0.4, 0.5) is 0 Å². The first kappa shape index (κ1) is 20.1. The van der Waals surface area contributed by atoms with Crippen molar-refractivity contribution >= 4 is 23.8 Å². The lowest BCUT2D eigenvalue weighted by molar-refractivity contribution is -0.149. The summed E-state index contributed by atoms with van der Waals surface area (Å²) < 4.78 is 14.8. The van der Waals surface area contributed by atoms with E-state index in [2.05, 4.69) is 4.74 Å². The first-order valence-electron chi connectivity index (χ1n) is 8.78. The number of benzene rings is 2. The van der Waals surface area contributed by atoms with Crippen molar-refractivity contribution in [1.82, 2.24) is 4.90 Å². The molecule has 0 fully saturated rings. The standard InChI is InChI=1S/C21H19NO7/c1-12(20(25)28-3)29-21(26)16-10-13(8-9-17(16)27-2)11-22-18(23)14-6-4-5-7-15(14)19(22)24/h4-10,12H,11H2,1-3H3/t12-/m0/s1. The summed E-state index contributed by atoms with van der Waals surface area (Å²) in [5.41, 5.74) is 1.28. The van der Waals surface area contributed by atoms with Crippen LogP contribution in [0.5, 0.6) is 5.75 Å². The van der Waals surface area contributed by atoms with Crippen molar-refractivity contribution < 1.29 is 33.4 Å². The largest absolute Gasteiger partial charge is 0.496 e. The highest BCUT2D eigenvalue weighted by Gasteiger charge is 2.35. The van der Waals surface area contributed by atoms with Crippen LogP contribution < -0.4 is 4.74 Å². The summed E-state index contributed by atoms with van der Waals surface area (Å²) in [6.07, 6.45) is -1.10. The molecule has 1 atom stereocenters. The lowest BCUT2D eigenvalue weighted by Crippen LogP contribution is -2.29. The van der Waals surface area contributed by atoms with E-state index in [1.165, 1.54) is 33.3 Å². The molecule has 150 valence electrons. The normalized spacial score (nSPS) is 13.7. The van der Waals surface area contributed by atoms with Crippen molar-refractivity contribution in [2.24, 2.45) is 0 Å². The Kier molecular flexibility index (Phi) is 5.63. The highest BCUT2D eigenvalue weighted by atomic mass is 16.6. The number of esters is 2. The lowest BCUT2D eigenvalue weighted by Gasteiger charge is -2.16. The van der Waals surface area contributed by atoms with Gasteiger partial charge in [0.2, 0.25) is 0 Å². The number of ether oxygens (including phenoxy) is 3. The van der Waals surface area contributed by atoms with Crippen LogP contribution in [0.15, 0.2) is 42.5 Å². The predicted octanol–water partition coefficient (Wildman–Crippen LogP) is 2.21. The first-order chi connectivity index (χ1) is 13.9. The molecule has 2 aromatic carbocycles. The maximum absolute atomic E-state index is 12.5. The van der Waals surface area contributed by atoms with Gasteiger partial charge in [0.05, 0.1) is 31.9 Å². The molecule has 3 rings (SSSR count). The van der Waals surface area contributed by atoms with Crippen molar-refractivity contribution in [2.45, 2.75) is 19.6 Å². The minimum absolute atomic E-state index is 0.0246. The molecule has 0 aromatic heterocycles. The smallest absolute Gasteiger partial charge is 0.346 e. The van der Waals surface area contributed by atoms with Crippen LogP contribution in [0.1, 0.15) is 43.6 Å². The summed E-state index contributed by atoms with van der Waals surface area (Å²) in [6.45, 7) is 1.36. The Morgan fingerprint density at radius 1 is 1.00 bits per heavy atom. The Hall–Kier alpha value is -3.68. The van der Waals surface area contributed by atoms with Crippen LogP contribution in [0, 0.1) is 0 Å². The van der Waals surface area contributed by atoms with Gasteiger partial charge in [-0.05, 0) is 36.8 Å². The number of hydrogen-bond acceptors (Lipinski definition) is 7. The van der Waals surface area contributed by atoms with Crippen molar-refractivity contribution in [3.63, 3.8) is 0 Å². The third-order valence-electron chi connectivity index (χ3n) is 4.52. The molecule has 8 heteroatoms. The zero-order valence-corrected chi connectivity index (χ0v) is 16.1. The quantitative estimate of drug-likeness (QED) is 0.544. The van der Waals surface area contributed by atoms with Crippen molar-refractivity contribution in [1.29, 1.82) is 0 Å². The van der Waals surface area contributed by atoms with Crippen molar-refractivity contribution in [3.05, 3.63) is 64.7 Å². The number of methoxy groups -OCH3 is 2. The van der Waals surface area contributed by atoms with Gasteiger partial charge >= 0.3 is 11.9 Å². The molecule has 0 spiro atoms. The van der Waals surface area contributed by atoms with Gasteiger partial charge in [0, 0.05) is 0 Å². The highest BCUT2D eigenvalue weighted by molar-refractivity contribution is 6.21. The number of rotatable bonds is 6. The zero-order chi connectivity index (χ0) is 21.1. The molecule has 0 saturated carbocycles. The molecule has 1 aliphatic rings. The van der Waals surface area contributed by atoms with Gasteiger partial charge in [0.25, 0.3) is 11.8 Å². The summed E-state index contributed by atoms with van der Waals surface area (Å²) >= 11 is 0. The van der Waals surface area contributed by atoms with Crippen LogP contribution >= 0.6 is 0 Å². The van der Waals surface area contributed by atoms with Gasteiger partial charge in [0.15, 0.2) is 6.10 Å². The van der Waals surface area contributed by atoms with E-state index in [1.807, 2.05) is 0 Å². The summed E-state index contributed by atoms with van der Waals surface area (Å²) in [5, 5.41) is 0. The molecule has 0 N–H and O–H groups in total. The average Bonchev–Trinajstić information content (AvgIpc) is 2.98. The molecule has 0 saturated heterocycles. The van der Waals surface area contributed by atoms with E-state index in [-0.39, 0.29) is 17.9 Å². The number of hydrogen-bond donors (Lipinski definition) is 0. The van der Waals surface area contributed by atoms with Gasteiger partial charge in [-0.1, -0.05) is 18.2 Å². The molecular formula is C21H19NO7. The summed E-state index contributed by atoms with van der Waals surface area (Å²) in [4.78, 5) is 50.2. The topological polar surface area (TPSA) is 99.2 Å². The van der Waals surface area contributed by atoms with Crippen molar-refractivity contribution in [2.75, 3.05) is 14.2 Å². The lowest BCUT2D eigenvalue weighted by atomic mass is 10.1. The number of carbonyl (C=O) groups is 4. The molecule has 0 radical (unpaired) electrons. The molecule has 0 aliphatic carbocycles. The van der Waals surface area contributed by atoms with E-state index in [9.17, 15) is 19.2 Å². The van der Waals surface area contributed by atoms with Gasteiger partial charge < -0.3 is 14.2 Å². The Morgan fingerprint density at radius 3 is 2.17 bits per heavy atom. The van der Waals surface area contributed by atoms with E-state index in [1.54, 1.807) is 30.3 Å². The van der Waals surface area contributed by atoms with Gasteiger partial charge in [0.1, 0.15) is 11.3 Å². The van der Waals surface area contributed by atoms with Crippen molar-refractivity contribution in [3.8, 4) is 5.75 Å². The van der Waals surface area contributed by atoms with Crippen LogP contribution in [0.2, 0.25) is 0 Å². The number of amides is 2. The van der Waals surface area contributed by atoms with E-state index in [0.29, 0.717) is 16.7 Å². The third-order valence-corrected chi connectivity index (χ3v) is 4.52. The minimum atomic E-state index is -1.10. The Labute approximate surface area is 167 Å². The van der Waals surface area contributed by atoms with Crippen LogP contribution in [-0.2, 0) is 20.8 Å². The minimum Gasteiger partial charge on any atom is -0.496 e. The second-order valence-electron chi connectivity index (χ2n) is 6.35. The second-order valence-corrected chi connectivity index (χ2v) is 6.35. The van der Waals surface area contributed by atoms with Gasteiger partial charge in [-0.2, -0.15) is 0 Å². The molecular weight excluding hydrogens is 378 g/mol. The Balaban J connectivity index is 1.84. The van der Waals surface area contributed by atoms with E-state index in [0.717, 1.165) is 4.90 Å². The number of fused-ring (bicyclic) bond motifs is 1. The molecule has 1 aliphatic heterocycles. The highest BCUT2D eigenvalue weighted by Crippen LogP contribution is 2.27. The fraction of sp³-hybridized carbons (Fsp3) is 0.238. The third kappa shape index (κ3) is 3.82. The van der Waals surface area contributed by atoms with Gasteiger partial charge in [-0.3, -0.25) is 14.5 Å². The molecule has 8 nitrogen and oxygen atoms in total.